The predicted octanol–water partition coefficient (Wildman–Crippen LogP) is 3.46. The summed E-state index contributed by atoms with van der Waals surface area (Å²) in [6.07, 6.45) is 3.72. The quantitative estimate of drug-likeness (QED) is 0.429. The molecule has 2 heterocycles. The number of carboxylic acids is 1. The van der Waals surface area contributed by atoms with Gasteiger partial charge in [0, 0.05) is 41.6 Å². The summed E-state index contributed by atoms with van der Waals surface area (Å²) in [6, 6.07) is 9.78. The SMILES string of the molecule is CC(C)(C)c1nc(-c2ccc(F)cc2)c(-c2ccncc2)n1C=C[C@H](O)C[C@H](O)CC(=O)O.[NaH]. The Morgan fingerprint density at radius 1 is 1.09 bits per heavy atom. The number of carbonyl (C=O) groups is 1. The third kappa shape index (κ3) is 7.07. The third-order valence-corrected chi connectivity index (χ3v) is 5.03. The van der Waals surface area contributed by atoms with Crippen molar-refractivity contribution in [2.45, 2.75) is 51.2 Å². The first-order valence-electron chi connectivity index (χ1n) is 10.6. The van der Waals surface area contributed by atoms with Gasteiger partial charge in [0.15, 0.2) is 0 Å². The van der Waals surface area contributed by atoms with Crippen LogP contribution in [0, 0.1) is 5.82 Å². The molecular formula is C25H29FN3NaO4. The maximum absolute atomic E-state index is 13.6. The van der Waals surface area contributed by atoms with Crippen LogP contribution < -0.4 is 0 Å². The van der Waals surface area contributed by atoms with Gasteiger partial charge in [-0.2, -0.15) is 0 Å². The minimum atomic E-state index is -1.17. The Bertz CT molecular complexity index is 1130. The van der Waals surface area contributed by atoms with Crippen molar-refractivity contribution in [3.8, 4) is 22.5 Å². The monoisotopic (exact) mass is 477 g/mol. The first kappa shape index (κ1) is 27.9. The van der Waals surface area contributed by atoms with Gasteiger partial charge < -0.3 is 19.9 Å². The summed E-state index contributed by atoms with van der Waals surface area (Å²) < 4.78 is 15.4. The van der Waals surface area contributed by atoms with E-state index in [0.717, 1.165) is 16.8 Å². The number of aromatic nitrogens is 3. The predicted molar refractivity (Wildman–Crippen MR) is 131 cm³/mol. The van der Waals surface area contributed by atoms with Crippen LogP contribution in [0.25, 0.3) is 28.7 Å². The average Bonchev–Trinajstić information content (AvgIpc) is 3.13. The number of nitrogens with zero attached hydrogens (tertiary/aromatic N) is 3. The molecule has 3 N–H and O–H groups in total. The summed E-state index contributed by atoms with van der Waals surface area (Å²) in [5.41, 5.74) is 2.58. The second-order valence-electron chi connectivity index (χ2n) is 8.89. The van der Waals surface area contributed by atoms with E-state index in [1.165, 1.54) is 18.2 Å². The number of imidazole rings is 1. The van der Waals surface area contributed by atoms with Gasteiger partial charge in [-0.25, -0.2) is 9.37 Å². The Kier molecular flexibility index (Phi) is 9.73. The van der Waals surface area contributed by atoms with Crippen molar-refractivity contribution in [3.05, 3.63) is 66.5 Å². The molecule has 0 spiro atoms. The van der Waals surface area contributed by atoms with Gasteiger partial charge in [-0.05, 0) is 42.5 Å². The zero-order chi connectivity index (χ0) is 24.2. The van der Waals surface area contributed by atoms with Gasteiger partial charge in [0.2, 0.25) is 0 Å². The topological polar surface area (TPSA) is 108 Å². The van der Waals surface area contributed by atoms with Crippen LogP contribution in [0.3, 0.4) is 0 Å². The molecule has 0 saturated heterocycles. The van der Waals surface area contributed by atoms with Crippen LogP contribution in [0.15, 0.2) is 54.9 Å². The molecule has 34 heavy (non-hydrogen) atoms. The van der Waals surface area contributed by atoms with Gasteiger partial charge >= 0.3 is 35.5 Å². The van der Waals surface area contributed by atoms with Gasteiger partial charge in [0.05, 0.1) is 30.0 Å². The van der Waals surface area contributed by atoms with E-state index < -0.39 is 24.6 Å². The molecule has 0 aliphatic rings. The molecule has 0 fully saturated rings. The molecule has 3 rings (SSSR count). The number of rotatable bonds is 8. The van der Waals surface area contributed by atoms with Crippen LogP contribution in [-0.2, 0) is 10.2 Å². The molecule has 3 aromatic rings. The summed E-state index contributed by atoms with van der Waals surface area (Å²) in [5, 5.41) is 29.0. The van der Waals surface area contributed by atoms with Crippen LogP contribution in [0.5, 0.6) is 0 Å². The number of aliphatic hydroxyl groups is 2. The summed E-state index contributed by atoms with van der Waals surface area (Å²) in [6.45, 7) is 6.03. The van der Waals surface area contributed by atoms with Crippen molar-refractivity contribution in [1.82, 2.24) is 14.5 Å². The van der Waals surface area contributed by atoms with Crippen LogP contribution >= 0.6 is 0 Å². The van der Waals surface area contributed by atoms with Crippen LogP contribution in [0.4, 0.5) is 4.39 Å². The van der Waals surface area contributed by atoms with Crippen molar-refractivity contribution >= 4 is 41.7 Å². The number of hydrogen-bond donors (Lipinski definition) is 3. The molecule has 0 unspecified atom stereocenters. The number of benzene rings is 1. The second-order valence-corrected chi connectivity index (χ2v) is 8.89. The van der Waals surface area contributed by atoms with E-state index in [1.807, 2.05) is 37.5 Å². The Morgan fingerprint density at radius 2 is 1.71 bits per heavy atom. The summed E-state index contributed by atoms with van der Waals surface area (Å²) in [5.74, 6) is -0.766. The molecule has 0 aliphatic heterocycles. The Balaban J connectivity index is 0.00000408. The zero-order valence-electron chi connectivity index (χ0n) is 18.8. The van der Waals surface area contributed by atoms with Crippen LogP contribution in [-0.4, -0.2) is 77.6 Å². The van der Waals surface area contributed by atoms with Crippen LogP contribution in [0.2, 0.25) is 0 Å². The summed E-state index contributed by atoms with van der Waals surface area (Å²) in [7, 11) is 0. The Morgan fingerprint density at radius 3 is 2.26 bits per heavy atom. The number of carboxylic acid groups (broad SMARTS) is 1. The second kappa shape index (κ2) is 11.9. The molecule has 1 aromatic carbocycles. The fraction of sp³-hybridized carbons (Fsp3) is 0.320. The van der Waals surface area contributed by atoms with Crippen molar-refractivity contribution in [1.29, 1.82) is 0 Å². The first-order valence-corrected chi connectivity index (χ1v) is 10.6. The Labute approximate surface area is 220 Å². The van der Waals surface area contributed by atoms with E-state index in [4.69, 9.17) is 10.1 Å². The normalized spacial score (nSPS) is 13.5. The molecule has 0 saturated carbocycles. The number of pyridine rings is 1. The fourth-order valence-corrected chi connectivity index (χ4v) is 3.53. The van der Waals surface area contributed by atoms with Crippen molar-refractivity contribution in [3.63, 3.8) is 0 Å². The first-order chi connectivity index (χ1) is 15.6. The molecular weight excluding hydrogens is 448 g/mol. The molecule has 2 aromatic heterocycles. The molecule has 0 amide bonds. The van der Waals surface area contributed by atoms with E-state index in [9.17, 15) is 19.4 Å². The van der Waals surface area contributed by atoms with E-state index >= 15 is 0 Å². The molecule has 0 radical (unpaired) electrons. The van der Waals surface area contributed by atoms with Gasteiger partial charge in [-0.15, -0.1) is 0 Å². The van der Waals surface area contributed by atoms with Crippen LogP contribution in [0.1, 0.15) is 39.4 Å². The zero-order valence-corrected chi connectivity index (χ0v) is 18.8. The molecule has 0 aliphatic carbocycles. The van der Waals surface area contributed by atoms with Gasteiger partial charge in [0.1, 0.15) is 11.6 Å². The van der Waals surface area contributed by atoms with E-state index in [0.29, 0.717) is 11.5 Å². The standard InChI is InChI=1S/C25H28FN3O4.Na.H/c1-25(2,3)24-28-22(16-4-6-18(26)7-5-16)23(17-8-11-27-12-9-17)29(24)13-10-19(30)14-20(31)15-21(32)33;;/h4-13,19-20,30-31H,14-15H2,1-3H3,(H,32,33);;/t19-,20-;;/m0../s1. The van der Waals surface area contributed by atoms with E-state index in [-0.39, 0.29) is 47.2 Å². The molecule has 2 atom stereocenters. The van der Waals surface area contributed by atoms with Gasteiger partial charge in [-0.3, -0.25) is 9.78 Å². The molecule has 9 heteroatoms. The summed E-state index contributed by atoms with van der Waals surface area (Å²) in [4.78, 5) is 19.8. The van der Waals surface area contributed by atoms with Crippen molar-refractivity contribution < 1.29 is 24.5 Å². The molecule has 7 nitrogen and oxygen atoms in total. The van der Waals surface area contributed by atoms with Crippen molar-refractivity contribution in [2.24, 2.45) is 0 Å². The average molecular weight is 478 g/mol. The minimum absolute atomic E-state index is 0. The summed E-state index contributed by atoms with van der Waals surface area (Å²) >= 11 is 0. The molecule has 176 valence electrons. The number of aliphatic hydroxyl groups excluding tert-OH is 2. The number of hydrogen-bond acceptors (Lipinski definition) is 5. The number of aliphatic carboxylic acids is 1. The number of halogens is 1. The maximum atomic E-state index is 13.6. The van der Waals surface area contributed by atoms with E-state index in [1.54, 1.807) is 30.7 Å². The van der Waals surface area contributed by atoms with E-state index in [2.05, 4.69) is 4.98 Å². The molecule has 0 bridgehead atoms. The third-order valence-electron chi connectivity index (χ3n) is 5.03. The Hall–Kier alpha value is -2.36. The van der Waals surface area contributed by atoms with Gasteiger partial charge in [0.25, 0.3) is 0 Å². The van der Waals surface area contributed by atoms with Gasteiger partial charge in [-0.1, -0.05) is 20.8 Å². The fourth-order valence-electron chi connectivity index (χ4n) is 3.53. The van der Waals surface area contributed by atoms with Crippen molar-refractivity contribution in [2.75, 3.05) is 0 Å².